The molecule has 0 aromatic heterocycles. The molecule has 2 heterocycles. The van der Waals surface area contributed by atoms with Crippen molar-refractivity contribution in [2.24, 2.45) is 0 Å². The van der Waals surface area contributed by atoms with Gasteiger partial charge in [-0.25, -0.2) is 0 Å². The number of ether oxygens (including phenoxy) is 2. The molecule has 0 spiro atoms. The molecule has 3 rings (SSSR count). The predicted molar refractivity (Wildman–Crippen MR) is 58.6 cm³/mol. The van der Waals surface area contributed by atoms with E-state index in [9.17, 15) is 4.79 Å². The Morgan fingerprint density at radius 1 is 1.38 bits per heavy atom. The Labute approximate surface area is 93.8 Å². The van der Waals surface area contributed by atoms with Crippen LogP contribution in [0.5, 0.6) is 5.75 Å². The van der Waals surface area contributed by atoms with Gasteiger partial charge in [0, 0.05) is 12.1 Å². The summed E-state index contributed by atoms with van der Waals surface area (Å²) in [6.45, 7) is 0.655. The van der Waals surface area contributed by atoms with Gasteiger partial charge in [-0.05, 0) is 24.3 Å². The van der Waals surface area contributed by atoms with Gasteiger partial charge in [0.1, 0.15) is 11.9 Å². The molecule has 2 saturated heterocycles. The van der Waals surface area contributed by atoms with E-state index in [1.54, 1.807) is 7.11 Å². The summed E-state index contributed by atoms with van der Waals surface area (Å²) in [7, 11) is 1.63. The van der Waals surface area contributed by atoms with Crippen molar-refractivity contribution >= 4 is 11.6 Å². The fourth-order valence-electron chi connectivity index (χ4n) is 2.38. The van der Waals surface area contributed by atoms with Crippen LogP contribution >= 0.6 is 0 Å². The molecule has 2 unspecified atom stereocenters. The van der Waals surface area contributed by atoms with Crippen molar-refractivity contribution in [3.05, 3.63) is 24.3 Å². The lowest BCUT2D eigenvalue weighted by Gasteiger charge is -2.26. The highest BCUT2D eigenvalue weighted by atomic mass is 16.5. The lowest BCUT2D eigenvalue weighted by Crippen LogP contribution is -2.41. The number of fused-ring (bicyclic) bond motifs is 2. The summed E-state index contributed by atoms with van der Waals surface area (Å²) in [5, 5.41) is 0. The van der Waals surface area contributed by atoms with E-state index in [2.05, 4.69) is 0 Å². The number of nitrogens with zero attached hydrogens (tertiary/aromatic N) is 1. The number of carbonyl (C=O) groups excluding carboxylic acids is 1. The third-order valence-corrected chi connectivity index (χ3v) is 3.20. The van der Waals surface area contributed by atoms with E-state index in [1.807, 2.05) is 29.2 Å². The molecule has 2 aliphatic rings. The fraction of sp³-hybridized carbons (Fsp3) is 0.417. The standard InChI is InChI=1S/C12H13NO3/c1-15-10-4-2-8(3-5-10)13-9-6-11(12(13)14)16-7-9/h2-5,9,11H,6-7H2,1H3. The van der Waals surface area contributed by atoms with Crippen LogP contribution in [0.2, 0.25) is 0 Å². The summed E-state index contributed by atoms with van der Waals surface area (Å²) >= 11 is 0. The second kappa shape index (κ2) is 3.49. The molecule has 4 heteroatoms. The summed E-state index contributed by atoms with van der Waals surface area (Å²) in [5.74, 6) is 0.887. The third-order valence-electron chi connectivity index (χ3n) is 3.20. The zero-order valence-corrected chi connectivity index (χ0v) is 9.05. The number of rotatable bonds is 2. The Bertz CT molecular complexity index is 415. The van der Waals surface area contributed by atoms with Crippen molar-refractivity contribution < 1.29 is 14.3 Å². The SMILES string of the molecule is COc1ccc(N2C(=O)C3CC2CO3)cc1. The lowest BCUT2D eigenvalue weighted by molar-refractivity contribution is -0.128. The molecule has 0 N–H and O–H groups in total. The van der Waals surface area contributed by atoms with Gasteiger partial charge < -0.3 is 14.4 Å². The molecule has 1 aromatic rings. The van der Waals surface area contributed by atoms with Gasteiger partial charge in [-0.2, -0.15) is 0 Å². The second-order valence-corrected chi connectivity index (χ2v) is 4.12. The number of benzene rings is 1. The fourth-order valence-corrected chi connectivity index (χ4v) is 2.38. The molecule has 0 radical (unpaired) electrons. The van der Waals surface area contributed by atoms with Crippen LogP contribution in [0.4, 0.5) is 5.69 Å². The van der Waals surface area contributed by atoms with E-state index in [0.29, 0.717) is 6.61 Å². The topological polar surface area (TPSA) is 38.8 Å². The van der Waals surface area contributed by atoms with E-state index in [4.69, 9.17) is 9.47 Å². The Hall–Kier alpha value is -1.55. The summed E-state index contributed by atoms with van der Waals surface area (Å²) in [5.41, 5.74) is 0.932. The molecule has 1 amide bonds. The van der Waals surface area contributed by atoms with Gasteiger partial charge in [-0.3, -0.25) is 4.79 Å². The van der Waals surface area contributed by atoms with Crippen LogP contribution < -0.4 is 9.64 Å². The third kappa shape index (κ3) is 1.30. The van der Waals surface area contributed by atoms with Crippen LogP contribution in [-0.2, 0) is 9.53 Å². The van der Waals surface area contributed by atoms with Gasteiger partial charge in [0.2, 0.25) is 0 Å². The summed E-state index contributed by atoms with van der Waals surface area (Å²) in [4.78, 5) is 13.7. The van der Waals surface area contributed by atoms with E-state index in [0.717, 1.165) is 17.9 Å². The number of carbonyl (C=O) groups is 1. The first-order valence-corrected chi connectivity index (χ1v) is 5.38. The first-order chi connectivity index (χ1) is 7.79. The first kappa shape index (κ1) is 9.66. The van der Waals surface area contributed by atoms with Gasteiger partial charge in [0.05, 0.1) is 19.8 Å². The molecule has 2 fully saturated rings. The zero-order valence-electron chi connectivity index (χ0n) is 9.05. The van der Waals surface area contributed by atoms with Crippen molar-refractivity contribution in [2.75, 3.05) is 18.6 Å². The number of hydrogen-bond acceptors (Lipinski definition) is 3. The number of amides is 1. The molecule has 2 bridgehead atoms. The zero-order chi connectivity index (χ0) is 11.1. The molecule has 84 valence electrons. The monoisotopic (exact) mass is 219 g/mol. The Balaban J connectivity index is 1.89. The van der Waals surface area contributed by atoms with Crippen molar-refractivity contribution in [3.8, 4) is 5.75 Å². The van der Waals surface area contributed by atoms with E-state index in [-0.39, 0.29) is 18.1 Å². The molecular formula is C12H13NO3. The van der Waals surface area contributed by atoms with E-state index in [1.165, 1.54) is 0 Å². The van der Waals surface area contributed by atoms with Gasteiger partial charge in [-0.1, -0.05) is 0 Å². The van der Waals surface area contributed by atoms with Gasteiger partial charge in [0.15, 0.2) is 0 Å². The van der Waals surface area contributed by atoms with Crippen LogP contribution in [0, 0.1) is 0 Å². The molecule has 2 atom stereocenters. The maximum absolute atomic E-state index is 11.9. The summed E-state index contributed by atoms with van der Waals surface area (Å²) in [6.07, 6.45) is 0.609. The Kier molecular flexibility index (Phi) is 2.11. The van der Waals surface area contributed by atoms with E-state index < -0.39 is 0 Å². The number of methoxy groups -OCH3 is 1. The normalized spacial score (nSPS) is 27.6. The summed E-state index contributed by atoms with van der Waals surface area (Å²) < 4.78 is 10.4. The minimum absolute atomic E-state index is 0.0846. The number of morpholine rings is 1. The minimum atomic E-state index is -0.216. The van der Waals surface area contributed by atoms with Crippen molar-refractivity contribution in [1.29, 1.82) is 0 Å². The van der Waals surface area contributed by atoms with Crippen LogP contribution in [0.3, 0.4) is 0 Å². The molecule has 0 saturated carbocycles. The first-order valence-electron chi connectivity index (χ1n) is 5.38. The maximum Gasteiger partial charge on any atom is 0.256 e. The van der Waals surface area contributed by atoms with E-state index >= 15 is 0 Å². The molecule has 4 nitrogen and oxygen atoms in total. The second-order valence-electron chi connectivity index (χ2n) is 4.12. The number of anilines is 1. The highest BCUT2D eigenvalue weighted by Gasteiger charge is 2.46. The van der Waals surface area contributed by atoms with Crippen molar-refractivity contribution in [2.45, 2.75) is 18.6 Å². The smallest absolute Gasteiger partial charge is 0.256 e. The largest absolute Gasteiger partial charge is 0.497 e. The summed E-state index contributed by atoms with van der Waals surface area (Å²) in [6, 6.07) is 7.78. The average molecular weight is 219 g/mol. The van der Waals surface area contributed by atoms with Crippen LogP contribution in [0.1, 0.15) is 6.42 Å². The molecule has 16 heavy (non-hydrogen) atoms. The predicted octanol–water partition coefficient (Wildman–Crippen LogP) is 1.20. The molecule has 1 aromatic carbocycles. The highest BCUT2D eigenvalue weighted by Crippen LogP contribution is 2.34. The van der Waals surface area contributed by atoms with Crippen molar-refractivity contribution in [3.63, 3.8) is 0 Å². The minimum Gasteiger partial charge on any atom is -0.497 e. The van der Waals surface area contributed by atoms with Crippen molar-refractivity contribution in [1.82, 2.24) is 0 Å². The van der Waals surface area contributed by atoms with Gasteiger partial charge in [0.25, 0.3) is 5.91 Å². The molecular weight excluding hydrogens is 206 g/mol. The lowest BCUT2D eigenvalue weighted by atomic mass is 10.2. The quantitative estimate of drug-likeness (QED) is 0.750. The Morgan fingerprint density at radius 3 is 2.69 bits per heavy atom. The van der Waals surface area contributed by atoms with Crippen LogP contribution in [-0.4, -0.2) is 31.8 Å². The van der Waals surface area contributed by atoms with Gasteiger partial charge >= 0.3 is 0 Å². The average Bonchev–Trinajstić information content (AvgIpc) is 2.90. The van der Waals surface area contributed by atoms with Gasteiger partial charge in [-0.15, -0.1) is 0 Å². The van der Waals surface area contributed by atoms with Crippen LogP contribution in [0.15, 0.2) is 24.3 Å². The van der Waals surface area contributed by atoms with Crippen LogP contribution in [0.25, 0.3) is 0 Å². The molecule has 0 aliphatic carbocycles. The maximum atomic E-state index is 11.9. The number of hydrogen-bond donors (Lipinski definition) is 0. The molecule has 2 aliphatic heterocycles. The Morgan fingerprint density at radius 2 is 2.12 bits per heavy atom. The highest BCUT2D eigenvalue weighted by molar-refractivity contribution is 6.00.